The quantitative estimate of drug-likeness (QED) is 0.811. The van der Waals surface area contributed by atoms with Gasteiger partial charge in [-0.25, -0.2) is 4.79 Å². The van der Waals surface area contributed by atoms with Crippen molar-refractivity contribution in [2.75, 3.05) is 13.1 Å². The minimum Gasteiger partial charge on any atom is -0.481 e. The summed E-state index contributed by atoms with van der Waals surface area (Å²) >= 11 is 0. The number of nitrogens with one attached hydrogen (secondary N) is 2. The van der Waals surface area contributed by atoms with E-state index in [2.05, 4.69) is 10.6 Å². The highest BCUT2D eigenvalue weighted by Gasteiger charge is 2.20. The molecule has 1 unspecified atom stereocenters. The van der Waals surface area contributed by atoms with Crippen LogP contribution < -0.4 is 21.0 Å². The Hall–Kier alpha value is -2.34. The van der Waals surface area contributed by atoms with Crippen LogP contribution in [0.5, 0.6) is 5.75 Å². The van der Waals surface area contributed by atoms with Gasteiger partial charge in [-0.3, -0.25) is 4.79 Å². The van der Waals surface area contributed by atoms with Gasteiger partial charge in [0.25, 0.3) is 5.91 Å². The number of benzene rings is 1. The first-order valence-corrected chi connectivity index (χ1v) is 8.81. The third-order valence-corrected chi connectivity index (χ3v) is 4.55. The van der Waals surface area contributed by atoms with Crippen molar-refractivity contribution in [3.8, 4) is 5.75 Å². The zero-order valence-electron chi connectivity index (χ0n) is 14.6. The van der Waals surface area contributed by atoms with E-state index in [9.17, 15) is 9.59 Å². The molecule has 0 radical (unpaired) electrons. The summed E-state index contributed by atoms with van der Waals surface area (Å²) in [6.07, 6.45) is 1.99. The van der Waals surface area contributed by atoms with Crippen molar-refractivity contribution in [3.63, 3.8) is 0 Å². The molecular formula is C19H24N2O4. The van der Waals surface area contributed by atoms with Crippen molar-refractivity contribution >= 4 is 16.9 Å². The van der Waals surface area contributed by atoms with E-state index >= 15 is 0 Å². The number of aryl methyl sites for hydroxylation is 1. The molecule has 2 N–H and O–H groups in total. The molecule has 134 valence electrons. The van der Waals surface area contributed by atoms with Crippen LogP contribution in [0.1, 0.15) is 32.3 Å². The fourth-order valence-electron chi connectivity index (χ4n) is 3.12. The number of ether oxygens (including phenoxy) is 1. The first kappa shape index (κ1) is 17.5. The largest absolute Gasteiger partial charge is 0.481 e. The van der Waals surface area contributed by atoms with E-state index in [-0.39, 0.29) is 17.6 Å². The van der Waals surface area contributed by atoms with Gasteiger partial charge >= 0.3 is 5.63 Å². The van der Waals surface area contributed by atoms with Gasteiger partial charge in [-0.2, -0.15) is 0 Å². The van der Waals surface area contributed by atoms with E-state index in [1.807, 2.05) is 13.0 Å². The van der Waals surface area contributed by atoms with Gasteiger partial charge in [0.1, 0.15) is 11.3 Å². The molecule has 0 bridgehead atoms. The summed E-state index contributed by atoms with van der Waals surface area (Å²) in [6, 6.07) is 7.04. The summed E-state index contributed by atoms with van der Waals surface area (Å²) < 4.78 is 11.0. The molecule has 1 atom stereocenters. The SMILES string of the molecule is CCc1cc(=O)oc2cc(OC(C)C(=O)NC3CCNCC3)ccc12. The third kappa shape index (κ3) is 4.20. The summed E-state index contributed by atoms with van der Waals surface area (Å²) in [4.78, 5) is 24.0. The van der Waals surface area contributed by atoms with Crippen molar-refractivity contribution < 1.29 is 13.9 Å². The number of rotatable bonds is 5. The van der Waals surface area contributed by atoms with Crippen LogP contribution in [0, 0.1) is 0 Å². The molecule has 0 aliphatic carbocycles. The van der Waals surface area contributed by atoms with Gasteiger partial charge < -0.3 is 19.8 Å². The molecular weight excluding hydrogens is 320 g/mol. The molecule has 1 fully saturated rings. The van der Waals surface area contributed by atoms with E-state index < -0.39 is 6.10 Å². The van der Waals surface area contributed by atoms with Crippen LogP contribution >= 0.6 is 0 Å². The second kappa shape index (κ2) is 7.70. The lowest BCUT2D eigenvalue weighted by Gasteiger charge is -2.25. The molecule has 1 aromatic carbocycles. The van der Waals surface area contributed by atoms with Gasteiger partial charge in [0.15, 0.2) is 6.10 Å². The summed E-state index contributed by atoms with van der Waals surface area (Å²) in [7, 11) is 0. The lowest BCUT2D eigenvalue weighted by Crippen LogP contribution is -2.46. The molecule has 2 heterocycles. The number of piperidine rings is 1. The Bertz CT molecular complexity index is 809. The van der Waals surface area contributed by atoms with Crippen LogP contribution in [-0.4, -0.2) is 31.1 Å². The Kier molecular flexibility index (Phi) is 5.38. The van der Waals surface area contributed by atoms with E-state index in [0.717, 1.165) is 43.3 Å². The zero-order chi connectivity index (χ0) is 17.8. The Balaban J connectivity index is 1.71. The fraction of sp³-hybridized carbons (Fsp3) is 0.474. The normalized spacial score (nSPS) is 16.6. The Morgan fingerprint density at radius 3 is 2.84 bits per heavy atom. The number of hydrogen-bond donors (Lipinski definition) is 2. The number of carbonyl (C=O) groups is 1. The fourth-order valence-corrected chi connectivity index (χ4v) is 3.12. The molecule has 1 amide bonds. The summed E-state index contributed by atoms with van der Waals surface area (Å²) in [5, 5.41) is 7.19. The lowest BCUT2D eigenvalue weighted by atomic mass is 10.1. The van der Waals surface area contributed by atoms with Crippen LogP contribution in [0.3, 0.4) is 0 Å². The molecule has 1 aliphatic heterocycles. The van der Waals surface area contributed by atoms with Crippen LogP contribution in [-0.2, 0) is 11.2 Å². The first-order chi connectivity index (χ1) is 12.1. The average molecular weight is 344 g/mol. The standard InChI is InChI=1S/C19H24N2O4/c1-3-13-10-18(22)25-17-11-15(4-5-16(13)17)24-12(2)19(23)21-14-6-8-20-9-7-14/h4-5,10-12,14,20H,3,6-9H2,1-2H3,(H,21,23). The third-order valence-electron chi connectivity index (χ3n) is 4.55. The van der Waals surface area contributed by atoms with Gasteiger partial charge in [0.05, 0.1) is 0 Å². The van der Waals surface area contributed by atoms with E-state index in [1.54, 1.807) is 19.1 Å². The predicted molar refractivity (Wildman–Crippen MR) is 96.0 cm³/mol. The van der Waals surface area contributed by atoms with E-state index in [1.165, 1.54) is 6.07 Å². The molecule has 25 heavy (non-hydrogen) atoms. The van der Waals surface area contributed by atoms with Crippen LogP contribution in [0.25, 0.3) is 11.0 Å². The predicted octanol–water partition coefficient (Wildman–Crippen LogP) is 1.99. The van der Waals surface area contributed by atoms with Gasteiger partial charge in [-0.05, 0) is 57.0 Å². The highest BCUT2D eigenvalue weighted by molar-refractivity contribution is 5.83. The molecule has 1 aromatic heterocycles. The van der Waals surface area contributed by atoms with Gasteiger partial charge in [0.2, 0.25) is 0 Å². The summed E-state index contributed by atoms with van der Waals surface area (Å²) in [6.45, 7) is 5.55. The molecule has 0 spiro atoms. The Morgan fingerprint density at radius 2 is 2.12 bits per heavy atom. The lowest BCUT2D eigenvalue weighted by molar-refractivity contribution is -0.128. The Labute approximate surface area is 146 Å². The molecule has 3 rings (SSSR count). The van der Waals surface area contributed by atoms with Gasteiger partial charge in [0, 0.05) is 23.6 Å². The molecule has 2 aromatic rings. The van der Waals surface area contributed by atoms with Crippen molar-refractivity contribution in [2.45, 2.75) is 45.3 Å². The highest BCUT2D eigenvalue weighted by atomic mass is 16.5. The zero-order valence-corrected chi connectivity index (χ0v) is 14.6. The average Bonchev–Trinajstić information content (AvgIpc) is 2.61. The smallest absolute Gasteiger partial charge is 0.336 e. The second-order valence-corrected chi connectivity index (χ2v) is 6.40. The number of amides is 1. The number of fused-ring (bicyclic) bond motifs is 1. The minimum absolute atomic E-state index is 0.129. The van der Waals surface area contributed by atoms with Crippen LogP contribution in [0.2, 0.25) is 0 Å². The number of hydrogen-bond acceptors (Lipinski definition) is 5. The minimum atomic E-state index is -0.617. The highest BCUT2D eigenvalue weighted by Crippen LogP contribution is 2.23. The van der Waals surface area contributed by atoms with Crippen molar-refractivity contribution in [1.29, 1.82) is 0 Å². The second-order valence-electron chi connectivity index (χ2n) is 6.40. The van der Waals surface area contributed by atoms with Crippen molar-refractivity contribution in [2.24, 2.45) is 0 Å². The van der Waals surface area contributed by atoms with Crippen molar-refractivity contribution in [3.05, 3.63) is 40.2 Å². The van der Waals surface area contributed by atoms with E-state index in [0.29, 0.717) is 11.3 Å². The molecule has 6 nitrogen and oxygen atoms in total. The molecule has 1 aliphatic rings. The maximum atomic E-state index is 12.3. The summed E-state index contributed by atoms with van der Waals surface area (Å²) in [5.74, 6) is 0.382. The van der Waals surface area contributed by atoms with E-state index in [4.69, 9.17) is 9.15 Å². The summed E-state index contributed by atoms with van der Waals surface area (Å²) in [5.41, 5.74) is 1.04. The maximum Gasteiger partial charge on any atom is 0.336 e. The molecule has 1 saturated heterocycles. The topological polar surface area (TPSA) is 80.6 Å². The van der Waals surface area contributed by atoms with Crippen LogP contribution in [0.15, 0.2) is 33.5 Å². The monoisotopic (exact) mass is 344 g/mol. The molecule has 6 heteroatoms. The van der Waals surface area contributed by atoms with Gasteiger partial charge in [-0.15, -0.1) is 0 Å². The van der Waals surface area contributed by atoms with Gasteiger partial charge in [-0.1, -0.05) is 6.92 Å². The molecule has 0 saturated carbocycles. The van der Waals surface area contributed by atoms with Crippen molar-refractivity contribution in [1.82, 2.24) is 10.6 Å². The van der Waals surface area contributed by atoms with Crippen LogP contribution in [0.4, 0.5) is 0 Å². The first-order valence-electron chi connectivity index (χ1n) is 8.81. The maximum absolute atomic E-state index is 12.3. The Morgan fingerprint density at radius 1 is 1.36 bits per heavy atom. The number of carbonyl (C=O) groups excluding carboxylic acids is 1.